The van der Waals surface area contributed by atoms with Crippen molar-refractivity contribution in [3.63, 3.8) is 0 Å². The standard InChI is InChI=1S/C22H27NO6/c1-12-10-16-18(13(2)14(3)19(24)27-16)17(11-12)28-20(25)15-8-7-9-23(15)21(26)29-22(4,5)6/h10-11,15H,7-9H2,1-6H3/t15-/m0/s1. The van der Waals surface area contributed by atoms with Crippen LogP contribution in [0.2, 0.25) is 0 Å². The Kier molecular flexibility index (Phi) is 5.43. The van der Waals surface area contributed by atoms with Crippen LogP contribution in [-0.2, 0) is 9.53 Å². The van der Waals surface area contributed by atoms with Gasteiger partial charge in [-0.3, -0.25) is 4.90 Å². The first kappa shape index (κ1) is 20.9. The minimum Gasteiger partial charge on any atom is -0.444 e. The van der Waals surface area contributed by atoms with Gasteiger partial charge in [-0.05, 0) is 77.6 Å². The predicted octanol–water partition coefficient (Wildman–Crippen LogP) is 4.02. The summed E-state index contributed by atoms with van der Waals surface area (Å²) in [5.74, 6) is -0.200. The van der Waals surface area contributed by atoms with Gasteiger partial charge >= 0.3 is 17.7 Å². The Morgan fingerprint density at radius 2 is 1.83 bits per heavy atom. The molecule has 1 amide bonds. The third-order valence-corrected chi connectivity index (χ3v) is 5.02. The number of esters is 1. The van der Waals surface area contributed by atoms with Crippen LogP contribution in [0.4, 0.5) is 4.79 Å². The van der Waals surface area contributed by atoms with Crippen molar-refractivity contribution < 1.29 is 23.5 Å². The lowest BCUT2D eigenvalue weighted by Crippen LogP contribution is -2.44. The second-order valence-corrected chi connectivity index (χ2v) is 8.53. The van der Waals surface area contributed by atoms with Gasteiger partial charge in [-0.15, -0.1) is 0 Å². The molecule has 0 radical (unpaired) electrons. The number of aryl methyl sites for hydroxylation is 2. The molecule has 2 heterocycles. The highest BCUT2D eigenvalue weighted by molar-refractivity contribution is 5.92. The lowest BCUT2D eigenvalue weighted by Gasteiger charge is -2.27. The molecular formula is C22H27NO6. The second-order valence-electron chi connectivity index (χ2n) is 8.53. The van der Waals surface area contributed by atoms with Gasteiger partial charge < -0.3 is 13.9 Å². The van der Waals surface area contributed by atoms with Crippen LogP contribution >= 0.6 is 0 Å². The van der Waals surface area contributed by atoms with Gasteiger partial charge in [0.25, 0.3) is 0 Å². The highest BCUT2D eigenvalue weighted by atomic mass is 16.6. The van der Waals surface area contributed by atoms with E-state index < -0.39 is 29.3 Å². The van der Waals surface area contributed by atoms with E-state index in [0.717, 1.165) is 5.56 Å². The van der Waals surface area contributed by atoms with E-state index in [-0.39, 0.29) is 0 Å². The zero-order valence-corrected chi connectivity index (χ0v) is 17.8. The quantitative estimate of drug-likeness (QED) is 0.429. The van der Waals surface area contributed by atoms with E-state index in [0.29, 0.717) is 47.2 Å². The minimum absolute atomic E-state index is 0.324. The third-order valence-electron chi connectivity index (χ3n) is 5.02. The maximum absolute atomic E-state index is 12.9. The molecule has 0 N–H and O–H groups in total. The molecule has 0 unspecified atom stereocenters. The van der Waals surface area contributed by atoms with Crippen LogP contribution < -0.4 is 10.4 Å². The van der Waals surface area contributed by atoms with Crippen LogP contribution in [-0.4, -0.2) is 35.2 Å². The SMILES string of the molecule is Cc1cc(OC(=O)[C@@H]2CCCN2C(=O)OC(C)(C)C)c2c(C)c(C)c(=O)oc2c1. The molecule has 7 heteroatoms. The van der Waals surface area contributed by atoms with E-state index in [2.05, 4.69) is 0 Å². The highest BCUT2D eigenvalue weighted by Crippen LogP contribution is 2.32. The average Bonchev–Trinajstić information content (AvgIpc) is 3.07. The number of nitrogens with zero attached hydrogens (tertiary/aromatic N) is 1. The van der Waals surface area contributed by atoms with Crippen LogP contribution in [0, 0.1) is 20.8 Å². The number of carbonyl (C=O) groups excluding carboxylic acids is 2. The molecule has 1 aromatic carbocycles. The summed E-state index contributed by atoms with van der Waals surface area (Å²) in [6, 6.07) is 2.76. The Labute approximate surface area is 169 Å². The van der Waals surface area contributed by atoms with Crippen molar-refractivity contribution >= 4 is 23.0 Å². The number of hydrogen-bond donors (Lipinski definition) is 0. The number of carbonyl (C=O) groups is 2. The molecule has 1 aliphatic rings. The Hall–Kier alpha value is -2.83. The fourth-order valence-electron chi connectivity index (χ4n) is 3.50. The average molecular weight is 401 g/mol. The Morgan fingerprint density at radius 3 is 2.48 bits per heavy atom. The smallest absolute Gasteiger partial charge is 0.411 e. The van der Waals surface area contributed by atoms with Gasteiger partial charge in [-0.1, -0.05) is 0 Å². The van der Waals surface area contributed by atoms with Crippen molar-refractivity contribution in [3.8, 4) is 5.75 Å². The zero-order valence-electron chi connectivity index (χ0n) is 17.8. The van der Waals surface area contributed by atoms with Crippen LogP contribution in [0.3, 0.4) is 0 Å². The normalized spacial score (nSPS) is 16.9. The van der Waals surface area contributed by atoms with Crippen molar-refractivity contribution in [2.75, 3.05) is 6.54 Å². The number of ether oxygens (including phenoxy) is 2. The van der Waals surface area contributed by atoms with Gasteiger partial charge in [-0.25, -0.2) is 14.4 Å². The van der Waals surface area contributed by atoms with Crippen LogP contribution in [0.5, 0.6) is 5.75 Å². The first-order chi connectivity index (χ1) is 13.5. The number of rotatable bonds is 2. The fourth-order valence-corrected chi connectivity index (χ4v) is 3.50. The fraction of sp³-hybridized carbons (Fsp3) is 0.500. The summed E-state index contributed by atoms with van der Waals surface area (Å²) in [4.78, 5) is 38.9. The zero-order chi connectivity index (χ0) is 21.5. The molecule has 2 aromatic rings. The summed E-state index contributed by atoms with van der Waals surface area (Å²) in [7, 11) is 0. The van der Waals surface area contributed by atoms with E-state index >= 15 is 0 Å². The molecule has 1 fully saturated rings. The molecule has 29 heavy (non-hydrogen) atoms. The Bertz CT molecular complexity index is 1030. The summed E-state index contributed by atoms with van der Waals surface area (Å²) in [5, 5.41) is 0.586. The molecule has 0 aliphatic carbocycles. The number of likely N-dealkylation sites (tertiary alicyclic amines) is 1. The maximum atomic E-state index is 12.9. The lowest BCUT2D eigenvalue weighted by molar-refractivity contribution is -0.139. The summed E-state index contributed by atoms with van der Waals surface area (Å²) >= 11 is 0. The number of fused-ring (bicyclic) bond motifs is 1. The van der Waals surface area contributed by atoms with Gasteiger partial charge in [-0.2, -0.15) is 0 Å². The highest BCUT2D eigenvalue weighted by Gasteiger charge is 2.38. The lowest BCUT2D eigenvalue weighted by atomic mass is 10.0. The molecule has 7 nitrogen and oxygen atoms in total. The van der Waals surface area contributed by atoms with Gasteiger partial charge in [0.05, 0.1) is 5.39 Å². The van der Waals surface area contributed by atoms with Gasteiger partial charge in [0.15, 0.2) is 0 Å². The molecule has 1 saturated heterocycles. The second kappa shape index (κ2) is 7.54. The van der Waals surface area contributed by atoms with Crippen LogP contribution in [0.15, 0.2) is 21.3 Å². The molecule has 1 aromatic heterocycles. The molecule has 156 valence electrons. The number of hydrogen-bond acceptors (Lipinski definition) is 6. The van der Waals surface area contributed by atoms with Crippen molar-refractivity contribution in [3.05, 3.63) is 39.2 Å². The van der Waals surface area contributed by atoms with E-state index in [9.17, 15) is 14.4 Å². The van der Waals surface area contributed by atoms with E-state index in [1.54, 1.807) is 46.8 Å². The van der Waals surface area contributed by atoms with Gasteiger partial charge in [0, 0.05) is 12.1 Å². The Balaban J connectivity index is 1.92. The van der Waals surface area contributed by atoms with Crippen molar-refractivity contribution in [2.24, 2.45) is 0 Å². The van der Waals surface area contributed by atoms with E-state index in [4.69, 9.17) is 13.9 Å². The van der Waals surface area contributed by atoms with Crippen molar-refractivity contribution in [1.29, 1.82) is 0 Å². The molecule has 0 bridgehead atoms. The molecule has 3 rings (SSSR count). The monoisotopic (exact) mass is 401 g/mol. The van der Waals surface area contributed by atoms with Gasteiger partial charge in [0.2, 0.25) is 0 Å². The van der Waals surface area contributed by atoms with Crippen LogP contribution in [0.1, 0.15) is 50.3 Å². The molecule has 1 atom stereocenters. The minimum atomic E-state index is -0.711. The molecular weight excluding hydrogens is 374 g/mol. The maximum Gasteiger partial charge on any atom is 0.411 e. The summed E-state index contributed by atoms with van der Waals surface area (Å²) in [6.07, 6.45) is 0.680. The summed E-state index contributed by atoms with van der Waals surface area (Å²) in [5.41, 5.74) is 1.28. The predicted molar refractivity (Wildman–Crippen MR) is 108 cm³/mol. The van der Waals surface area contributed by atoms with Crippen molar-refractivity contribution in [2.45, 2.75) is 66.0 Å². The first-order valence-corrected chi connectivity index (χ1v) is 9.74. The topological polar surface area (TPSA) is 86.0 Å². The van der Waals surface area contributed by atoms with E-state index in [1.165, 1.54) is 4.90 Å². The van der Waals surface area contributed by atoms with Crippen LogP contribution in [0.25, 0.3) is 11.0 Å². The molecule has 0 saturated carbocycles. The van der Waals surface area contributed by atoms with Crippen molar-refractivity contribution in [1.82, 2.24) is 4.90 Å². The summed E-state index contributed by atoms with van der Waals surface area (Å²) in [6.45, 7) is 11.1. The summed E-state index contributed by atoms with van der Waals surface area (Å²) < 4.78 is 16.5. The number of amides is 1. The van der Waals surface area contributed by atoms with E-state index in [1.807, 2.05) is 6.92 Å². The number of benzene rings is 1. The van der Waals surface area contributed by atoms with Gasteiger partial charge in [0.1, 0.15) is 23.0 Å². The largest absolute Gasteiger partial charge is 0.444 e. The molecule has 1 aliphatic heterocycles. The molecule has 0 spiro atoms. The Morgan fingerprint density at radius 1 is 1.14 bits per heavy atom. The first-order valence-electron chi connectivity index (χ1n) is 9.74. The third kappa shape index (κ3) is 4.28.